The van der Waals surface area contributed by atoms with E-state index in [-0.39, 0.29) is 11.8 Å². The van der Waals surface area contributed by atoms with Gasteiger partial charge in [0.2, 0.25) is 5.91 Å². The first-order valence-corrected chi connectivity index (χ1v) is 9.37. The minimum Gasteiger partial charge on any atom is -0.369 e. The van der Waals surface area contributed by atoms with E-state index in [1.807, 2.05) is 24.3 Å². The molecule has 0 radical (unpaired) electrons. The summed E-state index contributed by atoms with van der Waals surface area (Å²) < 4.78 is 0. The molecule has 0 bridgehead atoms. The Kier molecular flexibility index (Phi) is 5.95. The van der Waals surface area contributed by atoms with E-state index in [1.54, 1.807) is 0 Å². The van der Waals surface area contributed by atoms with Crippen molar-refractivity contribution in [2.75, 3.05) is 56.5 Å². The van der Waals surface area contributed by atoms with Crippen LogP contribution in [0, 0.1) is 5.92 Å². The molecule has 2 fully saturated rings. The van der Waals surface area contributed by atoms with Gasteiger partial charge in [-0.1, -0.05) is 0 Å². The fourth-order valence-electron chi connectivity index (χ4n) is 3.52. The number of carbonyl (C=O) groups is 3. The zero-order valence-corrected chi connectivity index (χ0v) is 15.7. The minimum absolute atomic E-state index is 0.209. The second-order valence-corrected chi connectivity index (χ2v) is 7.26. The van der Waals surface area contributed by atoms with E-state index in [9.17, 15) is 14.4 Å². The topological polar surface area (TPSA) is 99.0 Å². The number of nitrogens with two attached hydrogens (primary N) is 1. The fourth-order valence-corrected chi connectivity index (χ4v) is 3.52. The molecule has 0 atom stereocenters. The Morgan fingerprint density at radius 1 is 0.963 bits per heavy atom. The third kappa shape index (κ3) is 4.77. The lowest BCUT2D eigenvalue weighted by molar-refractivity contribution is -0.144. The predicted octanol–water partition coefficient (Wildman–Crippen LogP) is 0.101. The number of nitrogens with one attached hydrogen (secondary N) is 1. The highest BCUT2D eigenvalue weighted by atomic mass is 16.2. The largest absolute Gasteiger partial charge is 0.369 e. The van der Waals surface area contributed by atoms with Gasteiger partial charge in [-0.05, 0) is 44.2 Å². The maximum Gasteiger partial charge on any atom is 0.313 e. The van der Waals surface area contributed by atoms with E-state index in [1.165, 1.54) is 4.90 Å². The summed E-state index contributed by atoms with van der Waals surface area (Å²) in [5.41, 5.74) is 7.00. The Morgan fingerprint density at radius 3 is 2.11 bits per heavy atom. The molecule has 146 valence electrons. The average molecular weight is 373 g/mol. The average Bonchev–Trinajstić information content (AvgIpc) is 2.68. The standard InChI is InChI=1S/C19H27N5O3/c1-22-10-12-23(13-11-22)16-4-2-15(3-5-16)21-18(26)19(27)24-8-6-14(7-9-24)17(20)25/h2-5,14H,6-13H2,1H3,(H2,20,25)(H,21,26). The number of amides is 3. The molecule has 0 unspecified atom stereocenters. The number of anilines is 2. The molecule has 8 nitrogen and oxygen atoms in total. The Hall–Kier alpha value is -2.61. The van der Waals surface area contributed by atoms with Crippen LogP contribution in [0.25, 0.3) is 0 Å². The third-order valence-corrected chi connectivity index (χ3v) is 5.37. The first-order chi connectivity index (χ1) is 12.9. The highest BCUT2D eigenvalue weighted by Gasteiger charge is 2.29. The Balaban J connectivity index is 1.52. The van der Waals surface area contributed by atoms with E-state index >= 15 is 0 Å². The number of carbonyl (C=O) groups excluding carboxylic acids is 3. The third-order valence-electron chi connectivity index (χ3n) is 5.37. The summed E-state index contributed by atoms with van der Waals surface area (Å²) in [6.07, 6.45) is 1.02. The highest BCUT2D eigenvalue weighted by Crippen LogP contribution is 2.20. The van der Waals surface area contributed by atoms with Crippen molar-refractivity contribution in [3.63, 3.8) is 0 Å². The molecule has 0 aliphatic carbocycles. The van der Waals surface area contributed by atoms with Gasteiger partial charge in [0.1, 0.15) is 0 Å². The SMILES string of the molecule is CN1CCN(c2ccc(NC(=O)C(=O)N3CCC(C(N)=O)CC3)cc2)CC1. The normalized spacial score (nSPS) is 19.0. The number of rotatable bonds is 3. The van der Waals surface area contributed by atoms with Crippen LogP contribution >= 0.6 is 0 Å². The second kappa shape index (κ2) is 8.39. The van der Waals surface area contributed by atoms with Crippen LogP contribution < -0.4 is 16.0 Å². The molecule has 2 aliphatic heterocycles. The molecule has 2 heterocycles. The summed E-state index contributed by atoms with van der Waals surface area (Å²) >= 11 is 0. The minimum atomic E-state index is -0.653. The van der Waals surface area contributed by atoms with Crippen molar-refractivity contribution in [1.29, 1.82) is 0 Å². The zero-order chi connectivity index (χ0) is 19.4. The van der Waals surface area contributed by atoms with Gasteiger partial charge in [-0.15, -0.1) is 0 Å². The smallest absolute Gasteiger partial charge is 0.313 e. The summed E-state index contributed by atoms with van der Waals surface area (Å²) in [4.78, 5) is 41.8. The highest BCUT2D eigenvalue weighted by molar-refractivity contribution is 6.39. The Morgan fingerprint density at radius 2 is 1.56 bits per heavy atom. The summed E-state index contributed by atoms with van der Waals surface area (Å²) in [6.45, 7) is 4.76. The number of likely N-dealkylation sites (tertiary alicyclic amines) is 1. The number of likely N-dealkylation sites (N-methyl/N-ethyl adjacent to an activating group) is 1. The van der Waals surface area contributed by atoms with E-state index in [0.29, 0.717) is 31.6 Å². The van der Waals surface area contributed by atoms with Gasteiger partial charge in [0.05, 0.1) is 0 Å². The molecule has 2 saturated heterocycles. The van der Waals surface area contributed by atoms with Gasteiger partial charge in [0.15, 0.2) is 0 Å². The molecule has 2 aliphatic rings. The first-order valence-electron chi connectivity index (χ1n) is 9.37. The molecule has 3 rings (SSSR count). The van der Waals surface area contributed by atoms with Crippen LogP contribution in [-0.2, 0) is 14.4 Å². The van der Waals surface area contributed by atoms with Crippen molar-refractivity contribution in [2.24, 2.45) is 11.7 Å². The quantitative estimate of drug-likeness (QED) is 0.732. The number of piperidine rings is 1. The summed E-state index contributed by atoms with van der Waals surface area (Å²) in [5, 5.41) is 2.66. The van der Waals surface area contributed by atoms with E-state index in [0.717, 1.165) is 31.9 Å². The molecular formula is C19H27N5O3. The molecule has 3 N–H and O–H groups in total. The van der Waals surface area contributed by atoms with Crippen molar-refractivity contribution in [3.05, 3.63) is 24.3 Å². The number of hydrogen-bond acceptors (Lipinski definition) is 5. The van der Waals surface area contributed by atoms with E-state index < -0.39 is 11.8 Å². The number of piperazine rings is 1. The summed E-state index contributed by atoms with van der Waals surface area (Å²) in [7, 11) is 2.11. The summed E-state index contributed by atoms with van der Waals surface area (Å²) in [6, 6.07) is 7.56. The summed E-state index contributed by atoms with van der Waals surface area (Å²) in [5.74, 6) is -1.77. The lowest BCUT2D eigenvalue weighted by atomic mass is 9.96. The lowest BCUT2D eigenvalue weighted by Crippen LogP contribution is -2.46. The predicted molar refractivity (Wildman–Crippen MR) is 103 cm³/mol. The van der Waals surface area contributed by atoms with Crippen LogP contribution in [0.5, 0.6) is 0 Å². The van der Waals surface area contributed by atoms with Gasteiger partial charge in [-0.2, -0.15) is 0 Å². The van der Waals surface area contributed by atoms with Crippen LogP contribution in [0.3, 0.4) is 0 Å². The van der Waals surface area contributed by atoms with Crippen LogP contribution in [0.15, 0.2) is 24.3 Å². The molecule has 0 spiro atoms. The van der Waals surface area contributed by atoms with Crippen LogP contribution in [0.2, 0.25) is 0 Å². The van der Waals surface area contributed by atoms with E-state index in [2.05, 4.69) is 22.2 Å². The Labute approximate surface area is 159 Å². The van der Waals surface area contributed by atoms with Crippen molar-refractivity contribution >= 4 is 29.1 Å². The number of hydrogen-bond donors (Lipinski definition) is 2. The van der Waals surface area contributed by atoms with Crippen LogP contribution in [-0.4, -0.2) is 73.8 Å². The van der Waals surface area contributed by atoms with Gasteiger partial charge in [0.25, 0.3) is 0 Å². The zero-order valence-electron chi connectivity index (χ0n) is 15.7. The van der Waals surface area contributed by atoms with Crippen molar-refractivity contribution in [3.8, 4) is 0 Å². The number of benzene rings is 1. The first kappa shape index (κ1) is 19.2. The molecule has 1 aromatic rings. The number of nitrogens with zero attached hydrogens (tertiary/aromatic N) is 3. The molecule has 0 aromatic heterocycles. The van der Waals surface area contributed by atoms with Crippen LogP contribution in [0.4, 0.5) is 11.4 Å². The molecule has 0 saturated carbocycles. The number of primary amides is 1. The second-order valence-electron chi connectivity index (χ2n) is 7.26. The van der Waals surface area contributed by atoms with Crippen molar-refractivity contribution in [2.45, 2.75) is 12.8 Å². The molecular weight excluding hydrogens is 346 g/mol. The van der Waals surface area contributed by atoms with E-state index in [4.69, 9.17) is 5.73 Å². The van der Waals surface area contributed by atoms with Crippen molar-refractivity contribution < 1.29 is 14.4 Å². The molecule has 8 heteroatoms. The van der Waals surface area contributed by atoms with Crippen LogP contribution in [0.1, 0.15) is 12.8 Å². The maximum absolute atomic E-state index is 12.3. The molecule has 1 aromatic carbocycles. The van der Waals surface area contributed by atoms with Gasteiger partial charge < -0.3 is 25.8 Å². The fraction of sp³-hybridized carbons (Fsp3) is 0.526. The Bertz CT molecular complexity index is 690. The molecule has 27 heavy (non-hydrogen) atoms. The van der Waals surface area contributed by atoms with Crippen molar-refractivity contribution in [1.82, 2.24) is 9.80 Å². The maximum atomic E-state index is 12.3. The van der Waals surface area contributed by atoms with Gasteiger partial charge >= 0.3 is 11.8 Å². The van der Waals surface area contributed by atoms with Gasteiger partial charge in [0, 0.05) is 56.6 Å². The monoisotopic (exact) mass is 373 g/mol. The van der Waals surface area contributed by atoms with Gasteiger partial charge in [-0.25, -0.2) is 0 Å². The lowest BCUT2D eigenvalue weighted by Gasteiger charge is -2.34. The van der Waals surface area contributed by atoms with Gasteiger partial charge in [-0.3, -0.25) is 14.4 Å². The molecule has 3 amide bonds.